The molecule has 1 heterocycles. The predicted octanol–water partition coefficient (Wildman–Crippen LogP) is 0.474. The summed E-state index contributed by atoms with van der Waals surface area (Å²) in [5, 5.41) is 11.6. The van der Waals surface area contributed by atoms with E-state index in [1.807, 2.05) is 0 Å². The lowest BCUT2D eigenvalue weighted by Gasteiger charge is -2.08. The first-order valence-electron chi connectivity index (χ1n) is 4.09. The molecule has 1 aromatic rings. The van der Waals surface area contributed by atoms with Gasteiger partial charge in [0, 0.05) is 7.05 Å². The molecule has 0 aliphatic carbocycles. The van der Waals surface area contributed by atoms with Crippen LogP contribution in [0.2, 0.25) is 0 Å². The molecule has 0 saturated heterocycles. The summed E-state index contributed by atoms with van der Waals surface area (Å²) in [4.78, 5) is 22.3. The minimum absolute atomic E-state index is 0.352. The summed E-state index contributed by atoms with van der Waals surface area (Å²) in [5.74, 6) is -0.352. The van der Waals surface area contributed by atoms with E-state index in [1.54, 1.807) is 12.4 Å². The predicted molar refractivity (Wildman–Crippen MR) is 57.8 cm³/mol. The molecule has 8 heteroatoms. The van der Waals surface area contributed by atoms with Crippen molar-refractivity contribution < 1.29 is 9.59 Å². The van der Waals surface area contributed by atoms with Crippen LogP contribution in [-0.2, 0) is 4.79 Å². The van der Waals surface area contributed by atoms with Crippen molar-refractivity contribution in [2.45, 2.75) is 16.5 Å². The number of hydrogen-bond acceptors (Lipinski definition) is 6. The van der Waals surface area contributed by atoms with Crippen LogP contribution in [0.15, 0.2) is 9.85 Å². The Labute approximate surface area is 94.9 Å². The number of hydrogen-bond donors (Lipinski definition) is 2. The van der Waals surface area contributed by atoms with Gasteiger partial charge in [-0.3, -0.25) is 10.1 Å². The van der Waals surface area contributed by atoms with Crippen LogP contribution in [0.1, 0.15) is 6.92 Å². The van der Waals surface area contributed by atoms with Crippen molar-refractivity contribution in [2.75, 3.05) is 7.05 Å². The second-order valence-corrected chi connectivity index (χ2v) is 4.95. The molecule has 0 saturated carbocycles. The zero-order valence-corrected chi connectivity index (χ0v) is 9.82. The van der Waals surface area contributed by atoms with Crippen molar-refractivity contribution in [3.63, 3.8) is 0 Å². The summed E-state index contributed by atoms with van der Waals surface area (Å²) in [6, 6.07) is -0.510. The van der Waals surface area contributed by atoms with Gasteiger partial charge in [0.05, 0.1) is 5.25 Å². The number of aromatic nitrogens is 2. The van der Waals surface area contributed by atoms with Crippen LogP contribution in [0.25, 0.3) is 0 Å². The van der Waals surface area contributed by atoms with Gasteiger partial charge in [-0.05, 0) is 6.92 Å². The zero-order chi connectivity index (χ0) is 11.3. The van der Waals surface area contributed by atoms with Crippen molar-refractivity contribution >= 4 is 35.0 Å². The third-order valence-electron chi connectivity index (χ3n) is 1.45. The fourth-order valence-electron chi connectivity index (χ4n) is 0.695. The van der Waals surface area contributed by atoms with Gasteiger partial charge in [-0.15, -0.1) is 10.2 Å². The topological polar surface area (TPSA) is 84.0 Å². The molecule has 0 radical (unpaired) electrons. The minimum Gasteiger partial charge on any atom is -0.341 e. The van der Waals surface area contributed by atoms with Crippen LogP contribution in [0, 0.1) is 0 Å². The first-order valence-corrected chi connectivity index (χ1v) is 5.85. The van der Waals surface area contributed by atoms with Crippen molar-refractivity contribution in [1.29, 1.82) is 0 Å². The average Bonchev–Trinajstić information content (AvgIpc) is 2.70. The van der Waals surface area contributed by atoms with Gasteiger partial charge in [0.2, 0.25) is 5.91 Å². The molecule has 1 atom stereocenters. The smallest absolute Gasteiger partial charge is 0.321 e. The van der Waals surface area contributed by atoms with Crippen LogP contribution in [0.4, 0.5) is 4.79 Å². The van der Waals surface area contributed by atoms with Crippen molar-refractivity contribution in [3.8, 4) is 0 Å². The van der Waals surface area contributed by atoms with Crippen LogP contribution < -0.4 is 10.6 Å². The summed E-state index contributed by atoms with van der Waals surface area (Å²) < 4.78 is 0.703. The van der Waals surface area contributed by atoms with Gasteiger partial charge in [-0.2, -0.15) is 0 Å². The third-order valence-corrected chi connectivity index (χ3v) is 3.36. The second kappa shape index (κ2) is 5.66. The van der Waals surface area contributed by atoms with E-state index in [4.69, 9.17) is 0 Å². The fourth-order valence-corrected chi connectivity index (χ4v) is 2.32. The molecule has 2 N–H and O–H groups in total. The quantitative estimate of drug-likeness (QED) is 0.758. The lowest BCUT2D eigenvalue weighted by molar-refractivity contribution is -0.119. The van der Waals surface area contributed by atoms with Crippen LogP contribution in [0.5, 0.6) is 0 Å². The molecule has 0 fully saturated rings. The lowest BCUT2D eigenvalue weighted by Crippen LogP contribution is -2.41. The normalized spacial score (nSPS) is 11.9. The number of urea groups is 1. The standard InChI is InChI=1S/C7H10N4O2S2/c1-4(5(12)10-6(13)8-2)15-7-11-9-3-14-7/h3-4H,1-2H3,(H2,8,10,12,13)/t4-/m0/s1. The number of carbonyl (C=O) groups excluding carboxylic acids is 2. The van der Waals surface area contributed by atoms with Crippen molar-refractivity contribution in [3.05, 3.63) is 5.51 Å². The number of thioether (sulfide) groups is 1. The third kappa shape index (κ3) is 3.84. The van der Waals surface area contributed by atoms with E-state index >= 15 is 0 Å². The highest BCUT2D eigenvalue weighted by Gasteiger charge is 2.17. The Hall–Kier alpha value is -1.15. The van der Waals surface area contributed by atoms with E-state index in [0.29, 0.717) is 4.34 Å². The maximum Gasteiger partial charge on any atom is 0.321 e. The number of nitrogens with zero attached hydrogens (tertiary/aromatic N) is 2. The Kier molecular flexibility index (Phi) is 4.50. The minimum atomic E-state index is -0.510. The molecule has 0 unspecified atom stereocenters. The first-order chi connectivity index (χ1) is 7.13. The highest BCUT2D eigenvalue weighted by atomic mass is 32.2. The highest BCUT2D eigenvalue weighted by Crippen LogP contribution is 2.23. The molecule has 15 heavy (non-hydrogen) atoms. The largest absolute Gasteiger partial charge is 0.341 e. The Morgan fingerprint density at radius 1 is 1.60 bits per heavy atom. The molecule has 1 rings (SSSR count). The monoisotopic (exact) mass is 246 g/mol. The van der Waals surface area contributed by atoms with E-state index in [1.165, 1.54) is 30.1 Å². The molecule has 0 aliphatic rings. The highest BCUT2D eigenvalue weighted by molar-refractivity contribution is 8.02. The summed E-state index contributed by atoms with van der Waals surface area (Å²) in [6.45, 7) is 1.70. The molecular weight excluding hydrogens is 236 g/mol. The van der Waals surface area contributed by atoms with Gasteiger partial charge >= 0.3 is 6.03 Å². The van der Waals surface area contributed by atoms with E-state index in [-0.39, 0.29) is 11.2 Å². The first kappa shape index (κ1) is 11.9. The Morgan fingerprint density at radius 3 is 2.87 bits per heavy atom. The molecule has 0 bridgehead atoms. The number of nitrogens with one attached hydrogen (secondary N) is 2. The fraction of sp³-hybridized carbons (Fsp3) is 0.429. The van der Waals surface area contributed by atoms with E-state index < -0.39 is 6.03 Å². The Balaban J connectivity index is 2.43. The molecule has 0 spiro atoms. The second-order valence-electron chi connectivity index (χ2n) is 2.53. The SMILES string of the molecule is CNC(=O)NC(=O)[C@H](C)Sc1nncs1. The van der Waals surface area contributed by atoms with Gasteiger partial charge in [0.25, 0.3) is 0 Å². The van der Waals surface area contributed by atoms with Gasteiger partial charge in [0.1, 0.15) is 5.51 Å². The maximum atomic E-state index is 11.4. The van der Waals surface area contributed by atoms with Crippen molar-refractivity contribution in [2.24, 2.45) is 0 Å². The van der Waals surface area contributed by atoms with E-state index in [9.17, 15) is 9.59 Å². The van der Waals surface area contributed by atoms with Gasteiger partial charge in [-0.1, -0.05) is 23.1 Å². The number of imide groups is 1. The molecule has 82 valence electrons. The number of rotatable bonds is 3. The van der Waals surface area contributed by atoms with Gasteiger partial charge < -0.3 is 5.32 Å². The molecule has 0 aliphatic heterocycles. The zero-order valence-electron chi connectivity index (χ0n) is 8.18. The molecule has 1 aromatic heterocycles. The average molecular weight is 246 g/mol. The Bertz CT molecular complexity index is 341. The van der Waals surface area contributed by atoms with Gasteiger partial charge in [-0.25, -0.2) is 4.79 Å². The van der Waals surface area contributed by atoms with Crippen LogP contribution >= 0.6 is 23.1 Å². The molecule has 6 nitrogen and oxygen atoms in total. The summed E-state index contributed by atoms with van der Waals surface area (Å²) in [7, 11) is 1.45. The summed E-state index contributed by atoms with van der Waals surface area (Å²) in [6.07, 6.45) is 0. The van der Waals surface area contributed by atoms with Crippen LogP contribution in [-0.4, -0.2) is 34.4 Å². The van der Waals surface area contributed by atoms with E-state index in [0.717, 1.165) is 0 Å². The number of carbonyl (C=O) groups is 2. The molecule has 3 amide bonds. The maximum absolute atomic E-state index is 11.4. The lowest BCUT2D eigenvalue weighted by atomic mass is 10.4. The van der Waals surface area contributed by atoms with E-state index in [2.05, 4.69) is 20.8 Å². The Morgan fingerprint density at radius 2 is 2.33 bits per heavy atom. The van der Waals surface area contributed by atoms with Crippen LogP contribution in [0.3, 0.4) is 0 Å². The number of amides is 3. The van der Waals surface area contributed by atoms with Gasteiger partial charge in [0.15, 0.2) is 4.34 Å². The van der Waals surface area contributed by atoms with Crippen molar-refractivity contribution in [1.82, 2.24) is 20.8 Å². The summed E-state index contributed by atoms with van der Waals surface area (Å²) in [5.41, 5.74) is 1.59. The summed E-state index contributed by atoms with van der Waals surface area (Å²) >= 11 is 2.62. The molecule has 0 aromatic carbocycles. The molecular formula is C7H10N4O2S2.